The minimum atomic E-state index is 0.0175. The summed E-state index contributed by atoms with van der Waals surface area (Å²) in [7, 11) is 1.75. The molecule has 5 rings (SSSR count). The van der Waals surface area contributed by atoms with Crippen molar-refractivity contribution in [3.05, 3.63) is 58.7 Å². The molecule has 8 heteroatoms. The van der Waals surface area contributed by atoms with Crippen molar-refractivity contribution in [1.82, 2.24) is 20.2 Å². The van der Waals surface area contributed by atoms with Crippen molar-refractivity contribution in [2.45, 2.75) is 95.6 Å². The van der Waals surface area contributed by atoms with E-state index in [0.717, 1.165) is 75.9 Å². The molecule has 4 heterocycles. The molecular weight excluding hydrogens is 492 g/mol. The molecule has 39 heavy (non-hydrogen) atoms. The molecule has 3 fully saturated rings. The van der Waals surface area contributed by atoms with Gasteiger partial charge in [-0.15, -0.1) is 0 Å². The molecule has 0 aliphatic carbocycles. The Balaban J connectivity index is 1.14. The molecule has 212 valence electrons. The van der Waals surface area contributed by atoms with Crippen molar-refractivity contribution in [1.29, 1.82) is 0 Å². The van der Waals surface area contributed by atoms with E-state index in [1.165, 1.54) is 17.5 Å². The normalized spacial score (nSPS) is 26.5. The summed E-state index contributed by atoms with van der Waals surface area (Å²) in [4.78, 5) is 24.4. The summed E-state index contributed by atoms with van der Waals surface area (Å²) in [5, 5.41) is 3.76. The number of carbonyl (C=O) groups excluding carboxylic acids is 1. The van der Waals surface area contributed by atoms with Gasteiger partial charge >= 0.3 is 0 Å². The Bertz CT molecular complexity index is 1100. The topological polar surface area (TPSA) is 85.8 Å². The molecule has 3 saturated heterocycles. The van der Waals surface area contributed by atoms with Crippen molar-refractivity contribution < 1.29 is 19.0 Å². The number of amides is 1. The molecular formula is C31H44N4O4. The maximum absolute atomic E-state index is 13.5. The highest BCUT2D eigenvalue weighted by Gasteiger charge is 2.31. The predicted octanol–water partition coefficient (Wildman–Crippen LogP) is 4.33. The van der Waals surface area contributed by atoms with E-state index in [0.29, 0.717) is 24.4 Å². The van der Waals surface area contributed by atoms with Crippen LogP contribution in [0.2, 0.25) is 0 Å². The van der Waals surface area contributed by atoms with Crippen LogP contribution < -0.4 is 5.32 Å². The van der Waals surface area contributed by atoms with E-state index in [4.69, 9.17) is 14.2 Å². The van der Waals surface area contributed by atoms with E-state index in [1.54, 1.807) is 13.4 Å². The van der Waals surface area contributed by atoms with Crippen LogP contribution >= 0.6 is 0 Å². The van der Waals surface area contributed by atoms with Gasteiger partial charge in [0.25, 0.3) is 5.91 Å². The molecule has 0 unspecified atom stereocenters. The lowest BCUT2D eigenvalue weighted by molar-refractivity contribution is -0.0547. The number of methoxy groups -OCH3 is 1. The summed E-state index contributed by atoms with van der Waals surface area (Å²) in [5.41, 5.74) is 4.94. The molecule has 4 atom stereocenters. The summed E-state index contributed by atoms with van der Waals surface area (Å²) in [6.45, 7) is 6.98. The first-order chi connectivity index (χ1) is 19.0. The van der Waals surface area contributed by atoms with Crippen molar-refractivity contribution in [2.75, 3.05) is 33.4 Å². The number of carbonyl (C=O) groups is 1. The number of ether oxygens (including phenoxy) is 3. The van der Waals surface area contributed by atoms with Gasteiger partial charge in [-0.1, -0.05) is 29.8 Å². The van der Waals surface area contributed by atoms with Gasteiger partial charge in [0.05, 0.1) is 24.9 Å². The Morgan fingerprint density at radius 2 is 1.97 bits per heavy atom. The van der Waals surface area contributed by atoms with Crippen molar-refractivity contribution in [3.8, 4) is 0 Å². The molecule has 1 aromatic heterocycles. The van der Waals surface area contributed by atoms with Crippen LogP contribution in [0.5, 0.6) is 0 Å². The molecule has 0 bridgehead atoms. The van der Waals surface area contributed by atoms with Gasteiger partial charge < -0.3 is 24.4 Å². The Kier molecular flexibility index (Phi) is 9.61. The molecule has 1 amide bonds. The zero-order chi connectivity index (χ0) is 27.2. The number of hydrogen-bond acceptors (Lipinski definition) is 7. The summed E-state index contributed by atoms with van der Waals surface area (Å²) in [6.07, 6.45) is 9.82. The van der Waals surface area contributed by atoms with Crippen LogP contribution in [0, 0.1) is 13.8 Å². The van der Waals surface area contributed by atoms with Gasteiger partial charge in [0.15, 0.2) is 0 Å². The molecule has 3 aliphatic rings. The van der Waals surface area contributed by atoms with Crippen LogP contribution in [0.3, 0.4) is 0 Å². The Morgan fingerprint density at radius 1 is 1.13 bits per heavy atom. The first-order valence-electron chi connectivity index (χ1n) is 14.7. The zero-order valence-electron chi connectivity index (χ0n) is 23.7. The number of likely N-dealkylation sites (tertiary alicyclic amines) is 1. The lowest BCUT2D eigenvalue weighted by atomic mass is 9.95. The molecule has 3 aliphatic heterocycles. The van der Waals surface area contributed by atoms with Gasteiger partial charge in [-0.2, -0.15) is 0 Å². The van der Waals surface area contributed by atoms with Gasteiger partial charge in [-0.3, -0.25) is 4.79 Å². The summed E-state index contributed by atoms with van der Waals surface area (Å²) < 4.78 is 17.7. The highest BCUT2D eigenvalue weighted by atomic mass is 16.5. The number of benzene rings is 1. The monoisotopic (exact) mass is 536 g/mol. The SMILES string of the molecule is CO[C@H]1COCC[C@H]1NC1CCN(C(=O)c2ncnc(CC[C@H]3CCC[C@@H](c4cccc(C)c4)O3)c2C)CC1. The van der Waals surface area contributed by atoms with Crippen LogP contribution in [-0.4, -0.2) is 78.5 Å². The van der Waals surface area contributed by atoms with Crippen LogP contribution in [0.15, 0.2) is 30.6 Å². The second-order valence-corrected chi connectivity index (χ2v) is 11.4. The first-order valence-corrected chi connectivity index (χ1v) is 14.7. The van der Waals surface area contributed by atoms with Crippen molar-refractivity contribution >= 4 is 5.91 Å². The van der Waals surface area contributed by atoms with Crippen molar-refractivity contribution in [2.24, 2.45) is 0 Å². The number of aromatic nitrogens is 2. The third-order valence-electron chi connectivity index (χ3n) is 8.70. The maximum Gasteiger partial charge on any atom is 0.272 e. The third-order valence-corrected chi connectivity index (χ3v) is 8.70. The predicted molar refractivity (Wildman–Crippen MR) is 150 cm³/mol. The number of rotatable bonds is 8. The summed E-state index contributed by atoms with van der Waals surface area (Å²) in [5.74, 6) is 0.0175. The Hall–Kier alpha value is -2.39. The highest BCUT2D eigenvalue weighted by molar-refractivity contribution is 5.93. The number of nitrogens with one attached hydrogen (secondary N) is 1. The maximum atomic E-state index is 13.5. The van der Waals surface area contributed by atoms with E-state index in [1.807, 2.05) is 11.8 Å². The molecule has 8 nitrogen and oxygen atoms in total. The molecule has 0 saturated carbocycles. The smallest absolute Gasteiger partial charge is 0.272 e. The average molecular weight is 537 g/mol. The van der Waals surface area contributed by atoms with Crippen LogP contribution in [0.25, 0.3) is 0 Å². The second kappa shape index (κ2) is 13.3. The number of piperidine rings is 1. The third kappa shape index (κ3) is 7.04. The molecule has 0 spiro atoms. The molecule has 2 aromatic rings. The van der Waals surface area contributed by atoms with Crippen LogP contribution in [0.4, 0.5) is 0 Å². The zero-order valence-corrected chi connectivity index (χ0v) is 23.7. The fourth-order valence-electron chi connectivity index (χ4n) is 6.32. The average Bonchev–Trinajstić information content (AvgIpc) is 2.97. The first kappa shape index (κ1) is 28.1. The van der Waals surface area contributed by atoms with Gasteiger partial charge in [-0.25, -0.2) is 9.97 Å². The molecule has 1 N–H and O–H groups in total. The van der Waals surface area contributed by atoms with Gasteiger partial charge in [-0.05, 0) is 70.8 Å². The van der Waals surface area contributed by atoms with E-state index in [9.17, 15) is 4.79 Å². The lowest BCUT2D eigenvalue weighted by Crippen LogP contribution is -2.54. The fourth-order valence-corrected chi connectivity index (χ4v) is 6.32. The van der Waals surface area contributed by atoms with E-state index >= 15 is 0 Å². The van der Waals surface area contributed by atoms with Crippen molar-refractivity contribution in [3.63, 3.8) is 0 Å². The highest BCUT2D eigenvalue weighted by Crippen LogP contribution is 2.33. The quantitative estimate of drug-likeness (QED) is 0.537. The summed E-state index contributed by atoms with van der Waals surface area (Å²) >= 11 is 0. The van der Waals surface area contributed by atoms with Crippen LogP contribution in [0.1, 0.15) is 83.9 Å². The van der Waals surface area contributed by atoms with E-state index < -0.39 is 0 Å². The largest absolute Gasteiger partial charge is 0.379 e. The number of nitrogens with zero attached hydrogens (tertiary/aromatic N) is 3. The Labute approximate surface area is 232 Å². The fraction of sp³-hybridized carbons (Fsp3) is 0.645. The standard InChI is InChI=1S/C31H44N4O4/c1-21-6-4-7-23(18-21)28-9-5-8-25(39-28)10-11-26-22(2)30(33-20-32-26)31(36)35-15-12-24(13-16-35)34-27-14-17-38-19-29(27)37-3/h4,6-7,18,20,24-25,27-29,34H,5,8-17,19H2,1-3H3/t25-,27-,28+,29+/m1/s1. The molecule has 1 aromatic carbocycles. The minimum Gasteiger partial charge on any atom is -0.379 e. The second-order valence-electron chi connectivity index (χ2n) is 11.4. The Morgan fingerprint density at radius 3 is 2.77 bits per heavy atom. The van der Waals surface area contributed by atoms with Gasteiger partial charge in [0, 0.05) is 50.1 Å². The minimum absolute atomic E-state index is 0.0175. The number of aryl methyl sites for hydroxylation is 2. The molecule has 0 radical (unpaired) electrons. The van der Waals surface area contributed by atoms with E-state index in [2.05, 4.69) is 46.5 Å². The summed E-state index contributed by atoms with van der Waals surface area (Å²) in [6, 6.07) is 9.34. The van der Waals surface area contributed by atoms with Gasteiger partial charge in [0.1, 0.15) is 12.0 Å². The van der Waals surface area contributed by atoms with Crippen LogP contribution in [-0.2, 0) is 20.6 Å². The van der Waals surface area contributed by atoms with Gasteiger partial charge in [0.2, 0.25) is 0 Å². The number of hydrogen-bond donors (Lipinski definition) is 1. The van der Waals surface area contributed by atoms with E-state index in [-0.39, 0.29) is 24.2 Å². The lowest BCUT2D eigenvalue weighted by Gasteiger charge is -2.38.